The summed E-state index contributed by atoms with van der Waals surface area (Å²) in [6.45, 7) is 0.256. The summed E-state index contributed by atoms with van der Waals surface area (Å²) in [6.07, 6.45) is 1.38. The molecule has 1 heterocycles. The van der Waals surface area contributed by atoms with E-state index in [2.05, 4.69) is 4.98 Å². The molecule has 6 heteroatoms. The maximum Gasteiger partial charge on any atom is 0.176 e. The molecule has 0 saturated heterocycles. The SMILES string of the molecule is N#Cc1ncn(Cc2ccc(Cl)c(F)c2)c1C#N. The number of benzene rings is 1. The molecule has 0 spiro atoms. The number of nitrogens with zero attached hydrogens (tertiary/aromatic N) is 4. The summed E-state index contributed by atoms with van der Waals surface area (Å²) in [7, 11) is 0. The molecule has 1 aromatic carbocycles. The topological polar surface area (TPSA) is 65.4 Å². The molecule has 0 amide bonds. The van der Waals surface area contributed by atoms with Gasteiger partial charge in [-0.05, 0) is 17.7 Å². The van der Waals surface area contributed by atoms with Crippen LogP contribution in [0.25, 0.3) is 0 Å². The number of hydrogen-bond acceptors (Lipinski definition) is 3. The Labute approximate surface area is 107 Å². The Balaban J connectivity index is 2.35. The Morgan fingerprint density at radius 1 is 1.33 bits per heavy atom. The summed E-state index contributed by atoms with van der Waals surface area (Å²) >= 11 is 5.58. The molecule has 0 N–H and O–H groups in total. The number of aromatic nitrogens is 2. The standard InChI is InChI=1S/C12H6ClFN4/c13-9-2-1-8(3-10(9)14)6-18-7-17-11(4-15)12(18)5-16/h1-3,7H,6H2. The quantitative estimate of drug-likeness (QED) is 0.833. The third-order valence-electron chi connectivity index (χ3n) is 2.39. The van der Waals surface area contributed by atoms with Gasteiger partial charge >= 0.3 is 0 Å². The summed E-state index contributed by atoms with van der Waals surface area (Å²) in [5, 5.41) is 17.7. The Kier molecular flexibility index (Phi) is 3.27. The first kappa shape index (κ1) is 12.1. The van der Waals surface area contributed by atoms with Crippen molar-refractivity contribution >= 4 is 11.6 Å². The second-order valence-corrected chi connectivity index (χ2v) is 3.95. The molecule has 88 valence electrons. The summed E-state index contributed by atoms with van der Waals surface area (Å²) in [5.74, 6) is -0.520. The molecule has 0 aliphatic carbocycles. The summed E-state index contributed by atoms with van der Waals surface area (Å²) in [6, 6.07) is 8.11. The van der Waals surface area contributed by atoms with Crippen molar-refractivity contribution in [3.05, 3.63) is 52.3 Å². The van der Waals surface area contributed by atoms with E-state index in [9.17, 15) is 4.39 Å². The van der Waals surface area contributed by atoms with Crippen LogP contribution in [0.15, 0.2) is 24.5 Å². The Bertz CT molecular complexity index is 678. The monoisotopic (exact) mass is 260 g/mol. The molecule has 1 aromatic heterocycles. The smallest absolute Gasteiger partial charge is 0.176 e. The molecule has 0 bridgehead atoms. The van der Waals surface area contributed by atoms with Crippen LogP contribution < -0.4 is 0 Å². The minimum absolute atomic E-state index is 0.0441. The van der Waals surface area contributed by atoms with E-state index in [1.54, 1.807) is 6.07 Å². The second-order valence-electron chi connectivity index (χ2n) is 3.54. The van der Waals surface area contributed by atoms with Crippen LogP contribution in [0.4, 0.5) is 4.39 Å². The number of rotatable bonds is 2. The summed E-state index contributed by atoms with van der Waals surface area (Å²) in [5.41, 5.74) is 0.857. The molecule has 2 rings (SSSR count). The van der Waals surface area contributed by atoms with Gasteiger partial charge in [-0.1, -0.05) is 17.7 Å². The normalized spacial score (nSPS) is 9.78. The lowest BCUT2D eigenvalue weighted by atomic mass is 10.2. The Morgan fingerprint density at radius 3 is 2.72 bits per heavy atom. The van der Waals surface area contributed by atoms with Crippen molar-refractivity contribution in [3.8, 4) is 12.1 Å². The van der Waals surface area contributed by atoms with Gasteiger partial charge in [-0.15, -0.1) is 0 Å². The highest BCUT2D eigenvalue weighted by molar-refractivity contribution is 6.30. The first-order valence-corrected chi connectivity index (χ1v) is 5.32. The molecule has 0 aliphatic heterocycles. The minimum Gasteiger partial charge on any atom is -0.317 e. The van der Waals surface area contributed by atoms with Crippen molar-refractivity contribution < 1.29 is 4.39 Å². The largest absolute Gasteiger partial charge is 0.317 e. The summed E-state index contributed by atoms with van der Waals surface area (Å²) < 4.78 is 14.7. The van der Waals surface area contributed by atoms with Crippen molar-refractivity contribution in [2.75, 3.05) is 0 Å². The molecule has 0 unspecified atom stereocenters. The highest BCUT2D eigenvalue weighted by atomic mass is 35.5. The molecule has 2 aromatic rings. The number of halogens is 2. The fraction of sp³-hybridized carbons (Fsp3) is 0.0833. The van der Waals surface area contributed by atoms with E-state index < -0.39 is 5.82 Å². The van der Waals surface area contributed by atoms with Crippen LogP contribution in [0.1, 0.15) is 17.0 Å². The first-order chi connectivity index (χ1) is 8.65. The zero-order valence-corrected chi connectivity index (χ0v) is 9.82. The Hall–Kier alpha value is -2.37. The maximum atomic E-state index is 13.3. The van der Waals surface area contributed by atoms with Gasteiger partial charge in [0.15, 0.2) is 11.4 Å². The lowest BCUT2D eigenvalue weighted by Crippen LogP contribution is -2.02. The molecule has 0 radical (unpaired) electrons. The number of imidazole rings is 1. The van der Waals surface area contributed by atoms with Gasteiger partial charge in [0.25, 0.3) is 0 Å². The lowest BCUT2D eigenvalue weighted by molar-refractivity contribution is 0.623. The van der Waals surface area contributed by atoms with Crippen LogP contribution in [0.5, 0.6) is 0 Å². The van der Waals surface area contributed by atoms with Gasteiger partial charge in [0.05, 0.1) is 11.3 Å². The fourth-order valence-corrected chi connectivity index (χ4v) is 1.65. The van der Waals surface area contributed by atoms with Crippen molar-refractivity contribution in [1.82, 2.24) is 9.55 Å². The highest BCUT2D eigenvalue weighted by Crippen LogP contribution is 2.17. The van der Waals surface area contributed by atoms with Crippen LogP contribution in [-0.4, -0.2) is 9.55 Å². The van der Waals surface area contributed by atoms with E-state index in [1.165, 1.54) is 23.0 Å². The molecular weight excluding hydrogens is 255 g/mol. The van der Waals surface area contributed by atoms with E-state index in [1.807, 2.05) is 12.1 Å². The van der Waals surface area contributed by atoms with Gasteiger partial charge in [-0.3, -0.25) is 0 Å². The first-order valence-electron chi connectivity index (χ1n) is 4.95. The molecular formula is C12H6ClFN4. The fourth-order valence-electron chi connectivity index (χ4n) is 1.54. The predicted octanol–water partition coefficient (Wildman–Crippen LogP) is 2.47. The van der Waals surface area contributed by atoms with Gasteiger partial charge in [-0.2, -0.15) is 10.5 Å². The molecule has 4 nitrogen and oxygen atoms in total. The zero-order chi connectivity index (χ0) is 13.1. The molecule has 0 saturated carbocycles. The van der Waals surface area contributed by atoms with E-state index >= 15 is 0 Å². The van der Waals surface area contributed by atoms with Gasteiger partial charge in [0, 0.05) is 6.54 Å². The van der Waals surface area contributed by atoms with Crippen LogP contribution in [0.2, 0.25) is 5.02 Å². The Morgan fingerprint density at radius 2 is 2.11 bits per heavy atom. The summed E-state index contributed by atoms with van der Waals surface area (Å²) in [4.78, 5) is 3.80. The number of nitriles is 2. The van der Waals surface area contributed by atoms with Crippen molar-refractivity contribution in [1.29, 1.82) is 10.5 Å². The van der Waals surface area contributed by atoms with Crippen LogP contribution in [-0.2, 0) is 6.54 Å². The highest BCUT2D eigenvalue weighted by Gasteiger charge is 2.10. The van der Waals surface area contributed by atoms with Gasteiger partial charge in [0.1, 0.15) is 18.0 Å². The van der Waals surface area contributed by atoms with Crippen molar-refractivity contribution in [2.45, 2.75) is 6.54 Å². The van der Waals surface area contributed by atoms with E-state index in [0.29, 0.717) is 5.56 Å². The average molecular weight is 261 g/mol. The average Bonchev–Trinajstić information content (AvgIpc) is 2.75. The maximum absolute atomic E-state index is 13.3. The van der Waals surface area contributed by atoms with E-state index in [0.717, 1.165) is 0 Å². The second kappa shape index (κ2) is 4.87. The molecule has 0 aliphatic rings. The third kappa shape index (κ3) is 2.17. The molecule has 0 fully saturated rings. The van der Waals surface area contributed by atoms with Crippen LogP contribution in [0, 0.1) is 28.5 Å². The van der Waals surface area contributed by atoms with E-state index in [-0.39, 0.29) is 23.0 Å². The van der Waals surface area contributed by atoms with Gasteiger partial charge < -0.3 is 4.57 Å². The number of hydrogen-bond donors (Lipinski definition) is 0. The van der Waals surface area contributed by atoms with Gasteiger partial charge in [0.2, 0.25) is 0 Å². The van der Waals surface area contributed by atoms with Gasteiger partial charge in [-0.25, -0.2) is 9.37 Å². The third-order valence-corrected chi connectivity index (χ3v) is 2.69. The minimum atomic E-state index is -0.520. The van der Waals surface area contributed by atoms with Crippen LogP contribution in [0.3, 0.4) is 0 Å². The lowest BCUT2D eigenvalue weighted by Gasteiger charge is -2.04. The molecule has 18 heavy (non-hydrogen) atoms. The predicted molar refractivity (Wildman–Crippen MR) is 62.2 cm³/mol. The molecule has 0 atom stereocenters. The zero-order valence-electron chi connectivity index (χ0n) is 9.06. The van der Waals surface area contributed by atoms with Crippen molar-refractivity contribution in [2.24, 2.45) is 0 Å². The van der Waals surface area contributed by atoms with Crippen molar-refractivity contribution in [3.63, 3.8) is 0 Å². The van der Waals surface area contributed by atoms with Crippen LogP contribution >= 0.6 is 11.6 Å². The van der Waals surface area contributed by atoms with E-state index in [4.69, 9.17) is 22.1 Å².